The van der Waals surface area contributed by atoms with E-state index in [4.69, 9.17) is 0 Å². The summed E-state index contributed by atoms with van der Waals surface area (Å²) in [6, 6.07) is 0. The number of aromatic nitrogens is 4. The Hall–Kier alpha value is -2.11. The Morgan fingerprint density at radius 2 is 1.95 bits per heavy atom. The quantitative estimate of drug-likeness (QED) is 0.847. The van der Waals surface area contributed by atoms with Crippen LogP contribution in [0.3, 0.4) is 0 Å². The molecule has 108 valence electrons. The SMILES string of the molecule is CCCc1nc(NCC)c(C)c(Nc2cnn(C)c2)n1. The zero-order valence-electron chi connectivity index (χ0n) is 12.6. The van der Waals surface area contributed by atoms with Gasteiger partial charge in [0.2, 0.25) is 0 Å². The summed E-state index contributed by atoms with van der Waals surface area (Å²) in [6.45, 7) is 7.06. The maximum atomic E-state index is 4.61. The van der Waals surface area contributed by atoms with Crippen molar-refractivity contribution >= 4 is 17.3 Å². The fourth-order valence-corrected chi connectivity index (χ4v) is 1.98. The minimum Gasteiger partial charge on any atom is -0.370 e. The van der Waals surface area contributed by atoms with Gasteiger partial charge >= 0.3 is 0 Å². The molecule has 0 atom stereocenters. The lowest BCUT2D eigenvalue weighted by Crippen LogP contribution is -2.09. The van der Waals surface area contributed by atoms with E-state index in [9.17, 15) is 0 Å². The van der Waals surface area contributed by atoms with E-state index in [2.05, 4.69) is 39.5 Å². The number of nitrogens with one attached hydrogen (secondary N) is 2. The van der Waals surface area contributed by atoms with E-state index >= 15 is 0 Å². The summed E-state index contributed by atoms with van der Waals surface area (Å²) in [5.41, 5.74) is 1.95. The standard InChI is InChI=1S/C14H22N6/c1-5-7-12-18-13(15-6-2)10(3)14(19-12)17-11-8-16-20(4)9-11/h8-9H,5-7H2,1-4H3,(H2,15,17,18,19). The van der Waals surface area contributed by atoms with E-state index in [1.165, 1.54) is 0 Å². The van der Waals surface area contributed by atoms with Gasteiger partial charge in [0.1, 0.15) is 17.5 Å². The highest BCUT2D eigenvalue weighted by atomic mass is 15.3. The van der Waals surface area contributed by atoms with Crippen molar-refractivity contribution in [3.63, 3.8) is 0 Å². The van der Waals surface area contributed by atoms with Gasteiger partial charge in [-0.1, -0.05) is 6.92 Å². The Morgan fingerprint density at radius 1 is 1.20 bits per heavy atom. The Labute approximate surface area is 119 Å². The van der Waals surface area contributed by atoms with E-state index in [0.717, 1.165) is 48.1 Å². The summed E-state index contributed by atoms with van der Waals surface area (Å²) >= 11 is 0. The molecule has 0 aliphatic heterocycles. The second-order valence-corrected chi connectivity index (χ2v) is 4.77. The molecule has 0 spiro atoms. The summed E-state index contributed by atoms with van der Waals surface area (Å²) in [4.78, 5) is 9.19. The van der Waals surface area contributed by atoms with Gasteiger partial charge in [-0.2, -0.15) is 5.10 Å². The van der Waals surface area contributed by atoms with Gasteiger partial charge in [-0.05, 0) is 20.3 Å². The van der Waals surface area contributed by atoms with Crippen LogP contribution in [-0.4, -0.2) is 26.3 Å². The predicted molar refractivity (Wildman–Crippen MR) is 81.4 cm³/mol. The second-order valence-electron chi connectivity index (χ2n) is 4.77. The molecule has 0 fully saturated rings. The molecule has 0 saturated carbocycles. The van der Waals surface area contributed by atoms with Crippen molar-refractivity contribution in [3.05, 3.63) is 23.8 Å². The zero-order chi connectivity index (χ0) is 14.5. The molecule has 6 heteroatoms. The van der Waals surface area contributed by atoms with Crippen LogP contribution in [0.15, 0.2) is 12.4 Å². The summed E-state index contributed by atoms with van der Waals surface area (Å²) in [6.07, 6.45) is 5.61. The van der Waals surface area contributed by atoms with Crippen LogP contribution in [0.25, 0.3) is 0 Å². The molecule has 2 aromatic rings. The Bertz CT molecular complexity index is 575. The van der Waals surface area contributed by atoms with E-state index in [1.54, 1.807) is 10.9 Å². The van der Waals surface area contributed by atoms with Crippen LogP contribution >= 0.6 is 0 Å². The maximum absolute atomic E-state index is 4.61. The molecular weight excluding hydrogens is 252 g/mol. The number of nitrogens with zero attached hydrogens (tertiary/aromatic N) is 4. The highest BCUT2D eigenvalue weighted by Gasteiger charge is 2.11. The lowest BCUT2D eigenvalue weighted by molar-refractivity contribution is 0.768. The molecule has 0 saturated heterocycles. The van der Waals surface area contributed by atoms with Crippen molar-refractivity contribution in [2.45, 2.75) is 33.6 Å². The lowest BCUT2D eigenvalue weighted by Gasteiger charge is -2.13. The molecular formula is C14H22N6. The molecule has 0 aromatic carbocycles. The largest absolute Gasteiger partial charge is 0.370 e. The summed E-state index contributed by atoms with van der Waals surface area (Å²) in [7, 11) is 1.89. The molecule has 0 aliphatic carbocycles. The average Bonchev–Trinajstić information content (AvgIpc) is 2.81. The molecule has 20 heavy (non-hydrogen) atoms. The highest BCUT2D eigenvalue weighted by Crippen LogP contribution is 2.23. The van der Waals surface area contributed by atoms with Crippen LogP contribution in [0.2, 0.25) is 0 Å². The molecule has 0 amide bonds. The van der Waals surface area contributed by atoms with Crippen molar-refractivity contribution < 1.29 is 0 Å². The maximum Gasteiger partial charge on any atom is 0.139 e. The second kappa shape index (κ2) is 6.36. The Morgan fingerprint density at radius 3 is 2.55 bits per heavy atom. The van der Waals surface area contributed by atoms with E-state index < -0.39 is 0 Å². The molecule has 2 aromatic heterocycles. The van der Waals surface area contributed by atoms with Gasteiger partial charge in [-0.3, -0.25) is 4.68 Å². The molecule has 0 unspecified atom stereocenters. The van der Waals surface area contributed by atoms with Crippen molar-refractivity contribution in [1.82, 2.24) is 19.7 Å². The average molecular weight is 274 g/mol. The monoisotopic (exact) mass is 274 g/mol. The topological polar surface area (TPSA) is 67.7 Å². The molecule has 6 nitrogen and oxygen atoms in total. The lowest BCUT2D eigenvalue weighted by atomic mass is 10.2. The Balaban J connectivity index is 2.33. The van der Waals surface area contributed by atoms with Gasteiger partial charge in [0.15, 0.2) is 0 Å². The summed E-state index contributed by atoms with van der Waals surface area (Å²) in [5.74, 6) is 2.60. The van der Waals surface area contributed by atoms with Crippen LogP contribution in [0, 0.1) is 6.92 Å². The van der Waals surface area contributed by atoms with Crippen molar-refractivity contribution in [2.24, 2.45) is 7.05 Å². The number of hydrogen-bond acceptors (Lipinski definition) is 5. The van der Waals surface area contributed by atoms with Gasteiger partial charge in [-0.15, -0.1) is 0 Å². The first-order valence-electron chi connectivity index (χ1n) is 7.01. The van der Waals surface area contributed by atoms with Crippen molar-refractivity contribution in [2.75, 3.05) is 17.2 Å². The normalized spacial score (nSPS) is 10.6. The van der Waals surface area contributed by atoms with Gasteiger partial charge < -0.3 is 10.6 Å². The van der Waals surface area contributed by atoms with Crippen LogP contribution < -0.4 is 10.6 Å². The fourth-order valence-electron chi connectivity index (χ4n) is 1.98. The van der Waals surface area contributed by atoms with Crippen LogP contribution in [0.5, 0.6) is 0 Å². The molecule has 2 N–H and O–H groups in total. The molecule has 0 bridgehead atoms. The van der Waals surface area contributed by atoms with Crippen LogP contribution in [0.4, 0.5) is 17.3 Å². The number of rotatable bonds is 6. The molecule has 0 aliphatic rings. The van der Waals surface area contributed by atoms with Crippen LogP contribution in [0.1, 0.15) is 31.7 Å². The number of hydrogen-bond donors (Lipinski definition) is 2. The van der Waals surface area contributed by atoms with E-state index in [0.29, 0.717) is 0 Å². The third kappa shape index (κ3) is 3.26. The Kier molecular flexibility index (Phi) is 4.55. The predicted octanol–water partition coefficient (Wildman–Crippen LogP) is 2.65. The first-order valence-corrected chi connectivity index (χ1v) is 7.01. The van der Waals surface area contributed by atoms with E-state index in [1.807, 2.05) is 20.2 Å². The molecule has 0 radical (unpaired) electrons. The first-order chi connectivity index (χ1) is 9.63. The van der Waals surface area contributed by atoms with Gasteiger partial charge in [0, 0.05) is 31.8 Å². The summed E-state index contributed by atoms with van der Waals surface area (Å²) in [5, 5.41) is 10.8. The molecule has 2 rings (SSSR count). The van der Waals surface area contributed by atoms with Gasteiger partial charge in [0.25, 0.3) is 0 Å². The van der Waals surface area contributed by atoms with E-state index in [-0.39, 0.29) is 0 Å². The minimum atomic E-state index is 0.840. The first kappa shape index (κ1) is 14.3. The third-order valence-corrected chi connectivity index (χ3v) is 2.98. The third-order valence-electron chi connectivity index (χ3n) is 2.98. The van der Waals surface area contributed by atoms with Crippen molar-refractivity contribution in [3.8, 4) is 0 Å². The summed E-state index contributed by atoms with van der Waals surface area (Å²) < 4.78 is 1.76. The zero-order valence-corrected chi connectivity index (χ0v) is 12.6. The van der Waals surface area contributed by atoms with Gasteiger partial charge in [0.05, 0.1) is 11.9 Å². The highest BCUT2D eigenvalue weighted by molar-refractivity contribution is 5.63. The number of aryl methyl sites for hydroxylation is 2. The number of anilines is 3. The molecule has 2 heterocycles. The van der Waals surface area contributed by atoms with Crippen molar-refractivity contribution in [1.29, 1.82) is 0 Å². The van der Waals surface area contributed by atoms with Gasteiger partial charge in [-0.25, -0.2) is 9.97 Å². The smallest absolute Gasteiger partial charge is 0.139 e. The fraction of sp³-hybridized carbons (Fsp3) is 0.500. The minimum absolute atomic E-state index is 0.840. The van der Waals surface area contributed by atoms with Crippen LogP contribution in [-0.2, 0) is 13.5 Å².